The maximum absolute atomic E-state index is 12.1. The van der Waals surface area contributed by atoms with Gasteiger partial charge in [-0.2, -0.15) is 0 Å². The van der Waals surface area contributed by atoms with Crippen LogP contribution in [0.15, 0.2) is 0 Å². The first-order chi connectivity index (χ1) is 7.33. The normalized spacial score (nSPS) is 40.1. The van der Waals surface area contributed by atoms with Crippen LogP contribution in [-0.4, -0.2) is 54.3 Å². The zero-order chi connectivity index (χ0) is 10.3. The van der Waals surface area contributed by atoms with Gasteiger partial charge in [-0.15, -0.1) is 0 Å². The smallest absolute Gasteiger partial charge is 0.151 e. The highest BCUT2D eigenvalue weighted by molar-refractivity contribution is 5.84. The second-order valence-corrected chi connectivity index (χ2v) is 5.32. The van der Waals surface area contributed by atoms with Crippen molar-refractivity contribution in [2.75, 3.05) is 32.7 Å². The molecule has 0 aromatic heterocycles. The zero-order valence-electron chi connectivity index (χ0n) is 9.32. The largest absolute Gasteiger partial charge is 0.300 e. The minimum absolute atomic E-state index is 0.238. The van der Waals surface area contributed by atoms with Crippen molar-refractivity contribution in [2.45, 2.75) is 31.7 Å². The maximum Gasteiger partial charge on any atom is 0.151 e. The first-order valence-electron chi connectivity index (χ1n) is 6.32. The Bertz CT molecular complexity index is 258. The van der Waals surface area contributed by atoms with E-state index in [2.05, 4.69) is 9.80 Å². The molecule has 1 aliphatic carbocycles. The van der Waals surface area contributed by atoms with Crippen molar-refractivity contribution in [1.29, 1.82) is 0 Å². The van der Waals surface area contributed by atoms with E-state index in [0.717, 1.165) is 32.0 Å². The van der Waals surface area contributed by atoms with Crippen molar-refractivity contribution in [2.24, 2.45) is 5.92 Å². The van der Waals surface area contributed by atoms with Gasteiger partial charge in [0.2, 0.25) is 0 Å². The lowest BCUT2D eigenvalue weighted by molar-refractivity contribution is -0.126. The number of fused-ring (bicyclic) bond motifs is 4. The lowest BCUT2D eigenvalue weighted by Crippen LogP contribution is -2.53. The molecule has 0 N–H and O–H groups in total. The zero-order valence-corrected chi connectivity index (χ0v) is 9.32. The van der Waals surface area contributed by atoms with E-state index in [1.54, 1.807) is 0 Å². The number of hydrogen-bond donors (Lipinski definition) is 0. The number of nitrogens with zero attached hydrogens (tertiary/aromatic N) is 2. The van der Waals surface area contributed by atoms with Gasteiger partial charge in [0.1, 0.15) is 0 Å². The molecule has 4 fully saturated rings. The molecule has 0 radical (unpaired) electrons. The molecular formula is C12H20N2O. The third kappa shape index (κ3) is 2.08. The number of carbonyl (C=O) groups is 1. The number of rotatable bonds is 3. The molecule has 0 spiro atoms. The summed E-state index contributed by atoms with van der Waals surface area (Å²) in [5.41, 5.74) is 0. The van der Waals surface area contributed by atoms with E-state index in [0.29, 0.717) is 5.78 Å². The Labute approximate surface area is 91.4 Å². The Morgan fingerprint density at radius 2 is 2.00 bits per heavy atom. The lowest BCUT2D eigenvalue weighted by Gasteiger charge is -2.36. The minimum atomic E-state index is 0.238. The van der Waals surface area contributed by atoms with Crippen LogP contribution in [0.25, 0.3) is 0 Å². The predicted molar refractivity (Wildman–Crippen MR) is 58.8 cm³/mol. The van der Waals surface area contributed by atoms with Gasteiger partial charge in [0, 0.05) is 32.6 Å². The molecule has 3 atom stereocenters. The molecule has 2 bridgehead atoms. The summed E-state index contributed by atoms with van der Waals surface area (Å²) in [6.07, 6.45) is 4.69. The number of Topliss-reactive ketones (excluding diaryl/α,β-unsaturated/α-hetero) is 1. The van der Waals surface area contributed by atoms with E-state index in [1.165, 1.54) is 32.4 Å². The average molecular weight is 208 g/mol. The van der Waals surface area contributed by atoms with Gasteiger partial charge in [0.15, 0.2) is 5.78 Å². The molecule has 84 valence electrons. The third-order valence-corrected chi connectivity index (χ3v) is 4.05. The van der Waals surface area contributed by atoms with Gasteiger partial charge >= 0.3 is 0 Å². The Morgan fingerprint density at radius 3 is 2.80 bits per heavy atom. The standard InChI is InChI=1S/C12H20N2O/c15-12(8-10-2-3-10)11-9-13-4-1-5-14(11)7-6-13/h10-11H,1-9H2. The van der Waals surface area contributed by atoms with Gasteiger partial charge in [-0.3, -0.25) is 9.69 Å². The molecule has 15 heavy (non-hydrogen) atoms. The molecule has 4 rings (SSSR count). The summed E-state index contributed by atoms with van der Waals surface area (Å²) in [7, 11) is 0. The quantitative estimate of drug-likeness (QED) is 0.683. The number of ketones is 1. The van der Waals surface area contributed by atoms with Crippen molar-refractivity contribution in [3.63, 3.8) is 0 Å². The molecule has 0 amide bonds. The fraction of sp³-hybridized carbons (Fsp3) is 0.917. The van der Waals surface area contributed by atoms with Gasteiger partial charge < -0.3 is 4.90 Å². The van der Waals surface area contributed by atoms with Crippen molar-refractivity contribution in [1.82, 2.24) is 9.80 Å². The lowest BCUT2D eigenvalue weighted by atomic mass is 10.0. The number of hydrogen-bond acceptors (Lipinski definition) is 3. The summed E-state index contributed by atoms with van der Waals surface area (Å²) in [6, 6.07) is 0.238. The minimum Gasteiger partial charge on any atom is -0.300 e. The molecule has 3 heterocycles. The van der Waals surface area contributed by atoms with Gasteiger partial charge in [-0.1, -0.05) is 0 Å². The fourth-order valence-corrected chi connectivity index (χ4v) is 2.89. The highest BCUT2D eigenvalue weighted by Crippen LogP contribution is 2.33. The summed E-state index contributed by atoms with van der Waals surface area (Å²) in [5, 5.41) is 0. The van der Waals surface area contributed by atoms with E-state index < -0.39 is 0 Å². The highest BCUT2D eigenvalue weighted by atomic mass is 16.1. The monoisotopic (exact) mass is 208 g/mol. The van der Waals surface area contributed by atoms with E-state index in [-0.39, 0.29) is 6.04 Å². The molecule has 0 aromatic carbocycles. The molecule has 3 aliphatic heterocycles. The summed E-state index contributed by atoms with van der Waals surface area (Å²) in [6.45, 7) is 5.63. The van der Waals surface area contributed by atoms with Gasteiger partial charge in [0.25, 0.3) is 0 Å². The molecule has 3 unspecified atom stereocenters. The predicted octanol–water partition coefficient (Wildman–Crippen LogP) is 0.745. The van der Waals surface area contributed by atoms with Gasteiger partial charge in [-0.05, 0) is 31.7 Å². The van der Waals surface area contributed by atoms with Crippen LogP contribution < -0.4 is 0 Å². The van der Waals surface area contributed by atoms with Crippen LogP contribution in [0.4, 0.5) is 0 Å². The molecule has 0 aromatic rings. The van der Waals surface area contributed by atoms with Crippen LogP contribution in [0, 0.1) is 5.92 Å². The molecule has 3 heteroatoms. The molecule has 3 nitrogen and oxygen atoms in total. The Kier molecular flexibility index (Phi) is 2.53. The van der Waals surface area contributed by atoms with Crippen LogP contribution in [0.1, 0.15) is 25.7 Å². The summed E-state index contributed by atoms with van der Waals surface area (Å²) in [4.78, 5) is 17.0. The Balaban J connectivity index is 1.66. The molecular weight excluding hydrogens is 188 g/mol. The van der Waals surface area contributed by atoms with Crippen LogP contribution in [-0.2, 0) is 4.79 Å². The third-order valence-electron chi connectivity index (χ3n) is 4.05. The Morgan fingerprint density at radius 1 is 1.13 bits per heavy atom. The molecule has 4 aliphatic rings. The van der Waals surface area contributed by atoms with Crippen molar-refractivity contribution >= 4 is 5.78 Å². The second kappa shape index (κ2) is 3.87. The topological polar surface area (TPSA) is 23.6 Å². The van der Waals surface area contributed by atoms with E-state index in [4.69, 9.17) is 0 Å². The highest BCUT2D eigenvalue weighted by Gasteiger charge is 2.36. The first-order valence-corrected chi connectivity index (χ1v) is 6.32. The van der Waals surface area contributed by atoms with Gasteiger partial charge in [-0.25, -0.2) is 0 Å². The van der Waals surface area contributed by atoms with E-state index in [1.807, 2.05) is 0 Å². The van der Waals surface area contributed by atoms with Crippen LogP contribution in [0.2, 0.25) is 0 Å². The average Bonchev–Trinajstić information content (AvgIpc) is 3.02. The SMILES string of the molecule is O=C(CC1CC1)C1CN2CCCN1CC2. The Hall–Kier alpha value is -0.410. The second-order valence-electron chi connectivity index (χ2n) is 5.32. The summed E-state index contributed by atoms with van der Waals surface area (Å²) in [5.74, 6) is 1.26. The first kappa shape index (κ1) is 9.79. The van der Waals surface area contributed by atoms with E-state index in [9.17, 15) is 4.79 Å². The number of carbonyl (C=O) groups excluding carboxylic acids is 1. The summed E-state index contributed by atoms with van der Waals surface area (Å²) < 4.78 is 0. The molecule has 3 saturated heterocycles. The molecule has 1 saturated carbocycles. The fourth-order valence-electron chi connectivity index (χ4n) is 2.89. The van der Waals surface area contributed by atoms with Crippen molar-refractivity contribution in [3.8, 4) is 0 Å². The summed E-state index contributed by atoms with van der Waals surface area (Å²) >= 11 is 0. The van der Waals surface area contributed by atoms with Gasteiger partial charge in [0.05, 0.1) is 6.04 Å². The maximum atomic E-state index is 12.1. The van der Waals surface area contributed by atoms with E-state index >= 15 is 0 Å². The van der Waals surface area contributed by atoms with Crippen LogP contribution in [0.3, 0.4) is 0 Å². The van der Waals surface area contributed by atoms with Crippen molar-refractivity contribution < 1.29 is 4.79 Å². The number of piperazine rings is 1. The van der Waals surface area contributed by atoms with Crippen LogP contribution in [0.5, 0.6) is 0 Å². The van der Waals surface area contributed by atoms with Crippen molar-refractivity contribution in [3.05, 3.63) is 0 Å². The van der Waals surface area contributed by atoms with Crippen LogP contribution >= 0.6 is 0 Å².